The van der Waals surface area contributed by atoms with E-state index in [-0.39, 0.29) is 0 Å². The number of benzene rings is 1. The third kappa shape index (κ3) is 3.82. The van der Waals surface area contributed by atoms with Crippen LogP contribution in [0.5, 0.6) is 0 Å². The number of aryl methyl sites for hydroxylation is 1. The Hall–Kier alpha value is -2.36. The molecule has 0 aliphatic heterocycles. The van der Waals surface area contributed by atoms with Crippen LogP contribution in [0.2, 0.25) is 0 Å². The molecule has 0 amide bonds. The first-order valence-electron chi connectivity index (χ1n) is 6.53. The van der Waals surface area contributed by atoms with Crippen LogP contribution in [0.15, 0.2) is 42.6 Å². The number of carbonyl (C=O) groups excluding carboxylic acids is 1. The first-order chi connectivity index (χ1) is 9.69. The van der Waals surface area contributed by atoms with Crippen LogP contribution in [-0.2, 0) is 11.2 Å². The van der Waals surface area contributed by atoms with E-state index in [1.54, 1.807) is 12.3 Å². The van der Waals surface area contributed by atoms with Gasteiger partial charge in [0.05, 0.1) is 7.11 Å². The maximum Gasteiger partial charge on any atom is 0.356 e. The Balaban J connectivity index is 1.92. The molecule has 4 heteroatoms. The van der Waals surface area contributed by atoms with Gasteiger partial charge in [0.25, 0.3) is 0 Å². The first-order valence-corrected chi connectivity index (χ1v) is 6.53. The summed E-state index contributed by atoms with van der Waals surface area (Å²) in [7, 11) is 1.35. The van der Waals surface area contributed by atoms with E-state index < -0.39 is 5.97 Å². The molecule has 1 N–H and O–H groups in total. The van der Waals surface area contributed by atoms with Crippen LogP contribution in [0.25, 0.3) is 0 Å². The van der Waals surface area contributed by atoms with Crippen molar-refractivity contribution in [3.63, 3.8) is 0 Å². The Morgan fingerprint density at radius 2 is 2.15 bits per heavy atom. The predicted octanol–water partition coefficient (Wildman–Crippen LogP) is 2.83. The van der Waals surface area contributed by atoms with E-state index in [0.29, 0.717) is 5.69 Å². The van der Waals surface area contributed by atoms with Gasteiger partial charge in [-0.25, -0.2) is 9.78 Å². The number of rotatable bonds is 5. The summed E-state index contributed by atoms with van der Waals surface area (Å²) in [5.74, 6) is -0.424. The van der Waals surface area contributed by atoms with Crippen molar-refractivity contribution < 1.29 is 9.53 Å². The Labute approximate surface area is 118 Å². The molecule has 0 aliphatic rings. The lowest BCUT2D eigenvalue weighted by Crippen LogP contribution is -2.08. The zero-order valence-corrected chi connectivity index (χ0v) is 11.7. The smallest absolute Gasteiger partial charge is 0.356 e. The van der Waals surface area contributed by atoms with Gasteiger partial charge >= 0.3 is 5.97 Å². The summed E-state index contributed by atoms with van der Waals surface area (Å²) in [5, 5.41) is 3.28. The molecule has 4 nitrogen and oxygen atoms in total. The van der Waals surface area contributed by atoms with Crippen LogP contribution in [0.4, 0.5) is 5.69 Å². The highest BCUT2D eigenvalue weighted by Crippen LogP contribution is 2.10. The van der Waals surface area contributed by atoms with E-state index in [9.17, 15) is 4.79 Å². The molecule has 104 valence electrons. The Morgan fingerprint density at radius 3 is 2.90 bits per heavy atom. The third-order valence-electron chi connectivity index (χ3n) is 2.98. The third-order valence-corrected chi connectivity index (χ3v) is 2.98. The van der Waals surface area contributed by atoms with E-state index in [1.807, 2.05) is 6.07 Å². The molecule has 0 saturated heterocycles. The Morgan fingerprint density at radius 1 is 1.30 bits per heavy atom. The van der Waals surface area contributed by atoms with Crippen LogP contribution in [0.1, 0.15) is 21.6 Å². The lowest BCUT2D eigenvalue weighted by Gasteiger charge is -2.08. The highest BCUT2D eigenvalue weighted by Gasteiger charge is 2.06. The average molecular weight is 270 g/mol. The lowest BCUT2D eigenvalue weighted by atomic mass is 10.1. The topological polar surface area (TPSA) is 51.2 Å². The molecule has 0 unspecified atom stereocenters. The Kier molecular flexibility index (Phi) is 4.71. The summed E-state index contributed by atoms with van der Waals surface area (Å²) >= 11 is 0. The molecule has 0 bridgehead atoms. The van der Waals surface area contributed by atoms with E-state index in [2.05, 4.69) is 46.2 Å². The number of anilines is 1. The second kappa shape index (κ2) is 6.70. The van der Waals surface area contributed by atoms with Crippen molar-refractivity contribution in [2.24, 2.45) is 0 Å². The summed E-state index contributed by atoms with van der Waals surface area (Å²) in [4.78, 5) is 15.4. The van der Waals surface area contributed by atoms with Crippen molar-refractivity contribution in [1.29, 1.82) is 0 Å². The fourth-order valence-corrected chi connectivity index (χ4v) is 1.98. The molecule has 1 aromatic carbocycles. The minimum Gasteiger partial charge on any atom is -0.464 e. The van der Waals surface area contributed by atoms with Gasteiger partial charge in [0.1, 0.15) is 5.69 Å². The number of aromatic nitrogens is 1. The molecule has 0 saturated carbocycles. The number of esters is 1. The van der Waals surface area contributed by atoms with Crippen molar-refractivity contribution in [2.45, 2.75) is 13.3 Å². The number of carbonyl (C=O) groups is 1. The lowest BCUT2D eigenvalue weighted by molar-refractivity contribution is 0.0594. The summed E-state index contributed by atoms with van der Waals surface area (Å²) in [6.07, 6.45) is 2.53. The van der Waals surface area contributed by atoms with Gasteiger partial charge in [0, 0.05) is 18.4 Å². The van der Waals surface area contributed by atoms with Crippen molar-refractivity contribution >= 4 is 11.7 Å². The van der Waals surface area contributed by atoms with Gasteiger partial charge < -0.3 is 10.1 Å². The predicted molar refractivity (Wildman–Crippen MR) is 78.9 cm³/mol. The molecule has 0 atom stereocenters. The normalized spacial score (nSPS) is 10.1. The molecular weight excluding hydrogens is 252 g/mol. The van der Waals surface area contributed by atoms with Crippen LogP contribution >= 0.6 is 0 Å². The summed E-state index contributed by atoms with van der Waals surface area (Å²) in [6.45, 7) is 2.89. The molecule has 0 radical (unpaired) electrons. The van der Waals surface area contributed by atoms with Crippen molar-refractivity contribution in [2.75, 3.05) is 19.0 Å². The van der Waals surface area contributed by atoms with Gasteiger partial charge in [-0.2, -0.15) is 0 Å². The molecule has 2 rings (SSSR count). The van der Waals surface area contributed by atoms with Crippen molar-refractivity contribution in [3.8, 4) is 0 Å². The van der Waals surface area contributed by atoms with Crippen LogP contribution < -0.4 is 5.32 Å². The van der Waals surface area contributed by atoms with E-state index in [1.165, 1.54) is 18.2 Å². The second-order valence-electron chi connectivity index (χ2n) is 4.59. The molecular formula is C16H18N2O2. The number of nitrogens with zero attached hydrogens (tertiary/aromatic N) is 1. The molecule has 2 aromatic rings. The first kappa shape index (κ1) is 14.1. The number of methoxy groups -OCH3 is 1. The van der Waals surface area contributed by atoms with Gasteiger partial charge in [-0.05, 0) is 31.0 Å². The zero-order valence-electron chi connectivity index (χ0n) is 11.7. The zero-order chi connectivity index (χ0) is 14.4. The van der Waals surface area contributed by atoms with Gasteiger partial charge in [0.15, 0.2) is 0 Å². The van der Waals surface area contributed by atoms with Crippen LogP contribution in [0.3, 0.4) is 0 Å². The average Bonchev–Trinajstić information content (AvgIpc) is 2.47. The highest BCUT2D eigenvalue weighted by atomic mass is 16.5. The molecule has 20 heavy (non-hydrogen) atoms. The van der Waals surface area contributed by atoms with E-state index >= 15 is 0 Å². The maximum atomic E-state index is 11.4. The summed E-state index contributed by atoms with van der Waals surface area (Å²) in [5.41, 5.74) is 3.74. The maximum absolute atomic E-state index is 11.4. The van der Waals surface area contributed by atoms with Gasteiger partial charge in [0.2, 0.25) is 0 Å². The largest absolute Gasteiger partial charge is 0.464 e. The monoisotopic (exact) mass is 270 g/mol. The SMILES string of the molecule is COC(=O)c1cc(NCCc2cccc(C)c2)ccn1. The molecule has 0 fully saturated rings. The number of hydrogen-bond acceptors (Lipinski definition) is 4. The van der Waals surface area contributed by atoms with E-state index in [0.717, 1.165) is 18.7 Å². The number of ether oxygens (including phenoxy) is 1. The molecule has 0 aliphatic carbocycles. The molecule has 1 aromatic heterocycles. The number of pyridine rings is 1. The van der Waals surface area contributed by atoms with Crippen LogP contribution in [0, 0.1) is 6.92 Å². The molecule has 1 heterocycles. The van der Waals surface area contributed by atoms with Gasteiger partial charge in [-0.15, -0.1) is 0 Å². The quantitative estimate of drug-likeness (QED) is 0.849. The van der Waals surface area contributed by atoms with Gasteiger partial charge in [-0.3, -0.25) is 0 Å². The molecule has 0 spiro atoms. The second-order valence-corrected chi connectivity index (χ2v) is 4.59. The number of hydrogen-bond donors (Lipinski definition) is 1. The minimum atomic E-state index is -0.424. The highest BCUT2D eigenvalue weighted by molar-refractivity contribution is 5.88. The minimum absolute atomic E-state index is 0.313. The standard InChI is InChI=1S/C16H18N2O2/c1-12-4-3-5-13(10-12)6-8-17-14-7-9-18-15(11-14)16(19)20-2/h3-5,7,9-11H,6,8H2,1-2H3,(H,17,18). The fraction of sp³-hybridized carbons (Fsp3) is 0.250. The fourth-order valence-electron chi connectivity index (χ4n) is 1.98. The Bertz CT molecular complexity index is 597. The van der Waals surface area contributed by atoms with Crippen molar-refractivity contribution in [1.82, 2.24) is 4.98 Å². The van der Waals surface area contributed by atoms with Gasteiger partial charge in [-0.1, -0.05) is 29.8 Å². The van der Waals surface area contributed by atoms with Crippen LogP contribution in [-0.4, -0.2) is 24.6 Å². The number of nitrogens with one attached hydrogen (secondary N) is 1. The summed E-state index contributed by atoms with van der Waals surface area (Å²) in [6, 6.07) is 12.0. The summed E-state index contributed by atoms with van der Waals surface area (Å²) < 4.78 is 4.65. The van der Waals surface area contributed by atoms with E-state index in [4.69, 9.17) is 0 Å². The van der Waals surface area contributed by atoms with Crippen molar-refractivity contribution in [3.05, 3.63) is 59.4 Å².